The van der Waals surface area contributed by atoms with Crippen LogP contribution in [0.25, 0.3) is 0 Å². The Labute approximate surface area is 95.0 Å². The van der Waals surface area contributed by atoms with Crippen LogP contribution in [0.3, 0.4) is 0 Å². The summed E-state index contributed by atoms with van der Waals surface area (Å²) >= 11 is 8.99. The summed E-state index contributed by atoms with van der Waals surface area (Å²) < 4.78 is 0. The average Bonchev–Trinajstić information content (AvgIpc) is 2.15. The summed E-state index contributed by atoms with van der Waals surface area (Å²) in [7, 11) is 0. The van der Waals surface area contributed by atoms with Gasteiger partial charge in [0.05, 0.1) is 15.9 Å². The van der Waals surface area contributed by atoms with Crippen LogP contribution in [0.1, 0.15) is 15.9 Å². The van der Waals surface area contributed by atoms with E-state index in [0.717, 1.165) is 0 Å². The zero-order valence-electron chi connectivity index (χ0n) is 7.05. The Morgan fingerprint density at radius 2 is 2.29 bits per heavy atom. The van der Waals surface area contributed by atoms with Crippen LogP contribution >= 0.6 is 27.5 Å². The molecule has 0 aliphatic carbocycles. The van der Waals surface area contributed by atoms with Gasteiger partial charge in [-0.05, 0) is 18.2 Å². The lowest BCUT2D eigenvalue weighted by molar-refractivity contribution is 0.0697. The van der Waals surface area contributed by atoms with E-state index in [-0.39, 0.29) is 5.56 Å². The molecule has 4 heteroatoms. The van der Waals surface area contributed by atoms with Gasteiger partial charge in [0.15, 0.2) is 0 Å². The highest BCUT2D eigenvalue weighted by Crippen LogP contribution is 2.16. The molecule has 0 saturated carbocycles. The maximum Gasteiger partial charge on any atom is 0.335 e. The molecule has 0 unspecified atom stereocenters. The van der Waals surface area contributed by atoms with Gasteiger partial charge in [-0.25, -0.2) is 4.79 Å². The van der Waals surface area contributed by atoms with E-state index in [1.54, 1.807) is 6.07 Å². The van der Waals surface area contributed by atoms with E-state index >= 15 is 0 Å². The van der Waals surface area contributed by atoms with Crippen molar-refractivity contribution in [3.63, 3.8) is 0 Å². The first-order valence-electron chi connectivity index (χ1n) is 3.73. The van der Waals surface area contributed by atoms with Crippen molar-refractivity contribution in [2.45, 2.75) is 0 Å². The predicted octanol–water partition coefficient (Wildman–Crippen LogP) is 2.78. The first kappa shape index (κ1) is 11.1. The lowest BCUT2D eigenvalue weighted by Crippen LogP contribution is -1.95. The summed E-state index contributed by atoms with van der Waals surface area (Å²) in [5.74, 6) is 4.60. The normalized spacial score (nSPS) is 9.00. The van der Waals surface area contributed by atoms with Crippen molar-refractivity contribution < 1.29 is 9.90 Å². The van der Waals surface area contributed by atoms with Gasteiger partial charge in [-0.15, -0.1) is 0 Å². The highest BCUT2D eigenvalue weighted by atomic mass is 79.9. The van der Waals surface area contributed by atoms with Gasteiger partial charge < -0.3 is 5.11 Å². The minimum absolute atomic E-state index is 0.166. The fraction of sp³-hybridized carbons (Fsp3) is 0.100. The van der Waals surface area contributed by atoms with Crippen molar-refractivity contribution in [3.8, 4) is 11.8 Å². The maximum absolute atomic E-state index is 10.6. The fourth-order valence-electron chi connectivity index (χ4n) is 0.878. The molecular weight excluding hydrogens is 267 g/mol. The molecule has 1 aromatic rings. The Kier molecular flexibility index (Phi) is 3.99. The van der Waals surface area contributed by atoms with Crippen LogP contribution in [0.2, 0.25) is 5.02 Å². The van der Waals surface area contributed by atoms with Gasteiger partial charge in [-0.3, -0.25) is 0 Å². The third-order valence-electron chi connectivity index (χ3n) is 1.51. The van der Waals surface area contributed by atoms with Gasteiger partial charge in [0.25, 0.3) is 0 Å². The van der Waals surface area contributed by atoms with Gasteiger partial charge in [-0.2, -0.15) is 0 Å². The van der Waals surface area contributed by atoms with E-state index < -0.39 is 5.97 Å². The Morgan fingerprint density at radius 1 is 1.57 bits per heavy atom. The molecule has 0 saturated heterocycles. The van der Waals surface area contributed by atoms with Crippen molar-refractivity contribution >= 4 is 33.5 Å². The summed E-state index contributed by atoms with van der Waals surface area (Å²) in [5, 5.41) is 9.59. The quantitative estimate of drug-likeness (QED) is 0.631. The third kappa shape index (κ3) is 2.76. The van der Waals surface area contributed by atoms with Gasteiger partial charge in [0.2, 0.25) is 0 Å². The molecule has 0 atom stereocenters. The van der Waals surface area contributed by atoms with Gasteiger partial charge in [0.1, 0.15) is 0 Å². The molecule has 0 amide bonds. The highest BCUT2D eigenvalue weighted by molar-refractivity contribution is 9.09. The Morgan fingerprint density at radius 3 is 2.79 bits per heavy atom. The van der Waals surface area contributed by atoms with E-state index in [1.807, 2.05) is 0 Å². The van der Waals surface area contributed by atoms with Crippen LogP contribution in [0.5, 0.6) is 0 Å². The van der Waals surface area contributed by atoms with Crippen molar-refractivity contribution in [3.05, 3.63) is 34.3 Å². The summed E-state index contributed by atoms with van der Waals surface area (Å²) in [5.41, 5.74) is 0.801. The molecule has 1 rings (SSSR count). The van der Waals surface area contributed by atoms with Crippen LogP contribution in [0.4, 0.5) is 0 Å². The molecule has 0 radical (unpaired) electrons. The summed E-state index contributed by atoms with van der Waals surface area (Å²) in [4.78, 5) is 10.6. The molecule has 0 aromatic heterocycles. The number of alkyl halides is 1. The van der Waals surface area contributed by atoms with Gasteiger partial charge in [0, 0.05) is 5.56 Å². The van der Waals surface area contributed by atoms with Crippen molar-refractivity contribution in [1.82, 2.24) is 0 Å². The second-order valence-corrected chi connectivity index (χ2v) is 3.40. The number of carboxylic acids is 1. The van der Waals surface area contributed by atoms with Crippen LogP contribution in [0.15, 0.2) is 18.2 Å². The topological polar surface area (TPSA) is 37.3 Å². The number of carboxylic acid groups (broad SMARTS) is 1. The largest absolute Gasteiger partial charge is 0.478 e. The molecule has 0 spiro atoms. The minimum Gasteiger partial charge on any atom is -0.478 e. The molecule has 0 aliphatic rings. The molecule has 2 nitrogen and oxygen atoms in total. The minimum atomic E-state index is -0.994. The SMILES string of the molecule is O=C(O)c1ccc(C#CCBr)c(Cl)c1. The second kappa shape index (κ2) is 5.04. The first-order valence-corrected chi connectivity index (χ1v) is 5.22. The maximum atomic E-state index is 10.6. The molecule has 0 fully saturated rings. The van der Waals surface area contributed by atoms with Crippen LogP contribution in [-0.2, 0) is 0 Å². The predicted molar refractivity (Wildman–Crippen MR) is 59.1 cm³/mol. The molecule has 72 valence electrons. The summed E-state index contributed by atoms with van der Waals surface area (Å²) in [6, 6.07) is 4.47. The Bertz CT molecular complexity index is 418. The molecule has 1 N–H and O–H groups in total. The van der Waals surface area contributed by atoms with Crippen molar-refractivity contribution in [1.29, 1.82) is 0 Å². The smallest absolute Gasteiger partial charge is 0.335 e. The van der Waals surface area contributed by atoms with Crippen molar-refractivity contribution in [2.75, 3.05) is 5.33 Å². The number of hydrogen-bond acceptors (Lipinski definition) is 1. The van der Waals surface area contributed by atoms with Gasteiger partial charge >= 0.3 is 5.97 Å². The van der Waals surface area contributed by atoms with E-state index in [1.165, 1.54) is 12.1 Å². The summed E-state index contributed by atoms with van der Waals surface area (Å²) in [6.07, 6.45) is 0. The molecule has 0 aliphatic heterocycles. The number of halogens is 2. The first-order chi connectivity index (χ1) is 6.65. The monoisotopic (exact) mass is 272 g/mol. The highest BCUT2D eigenvalue weighted by Gasteiger charge is 2.04. The van der Waals surface area contributed by atoms with Gasteiger partial charge in [-0.1, -0.05) is 39.4 Å². The number of benzene rings is 1. The lowest BCUT2D eigenvalue weighted by atomic mass is 10.1. The zero-order valence-corrected chi connectivity index (χ0v) is 9.39. The number of aromatic carboxylic acids is 1. The Hall–Kier alpha value is -0.980. The lowest BCUT2D eigenvalue weighted by Gasteiger charge is -1.97. The van der Waals surface area contributed by atoms with Crippen LogP contribution < -0.4 is 0 Å². The molecule has 0 heterocycles. The summed E-state index contributed by atoms with van der Waals surface area (Å²) in [6.45, 7) is 0. The van der Waals surface area contributed by atoms with E-state index in [2.05, 4.69) is 27.8 Å². The number of hydrogen-bond donors (Lipinski definition) is 1. The fourth-order valence-corrected chi connectivity index (χ4v) is 1.25. The standard InChI is InChI=1S/C10H6BrClO2/c11-5-1-2-7-3-4-8(10(13)14)6-9(7)12/h3-4,6H,5H2,(H,13,14). The molecule has 14 heavy (non-hydrogen) atoms. The molecular formula is C10H6BrClO2. The molecule has 1 aromatic carbocycles. The Balaban J connectivity index is 3.07. The second-order valence-electron chi connectivity index (χ2n) is 2.44. The number of rotatable bonds is 1. The van der Waals surface area contributed by atoms with Crippen molar-refractivity contribution in [2.24, 2.45) is 0 Å². The van der Waals surface area contributed by atoms with E-state index in [0.29, 0.717) is 15.9 Å². The zero-order chi connectivity index (χ0) is 10.6. The van der Waals surface area contributed by atoms with Crippen LogP contribution in [0, 0.1) is 11.8 Å². The average molecular weight is 274 g/mol. The number of carbonyl (C=O) groups is 1. The molecule has 0 bridgehead atoms. The van der Waals surface area contributed by atoms with Crippen LogP contribution in [-0.4, -0.2) is 16.4 Å². The third-order valence-corrected chi connectivity index (χ3v) is 2.10. The van der Waals surface area contributed by atoms with E-state index in [9.17, 15) is 4.79 Å². The van der Waals surface area contributed by atoms with E-state index in [4.69, 9.17) is 16.7 Å².